The number of hydrogen-bond donors (Lipinski definition) is 0. The molecule has 1 aromatic heterocycles. The average Bonchev–Trinajstić information content (AvgIpc) is 2.27. The van der Waals surface area contributed by atoms with E-state index >= 15 is 0 Å². The summed E-state index contributed by atoms with van der Waals surface area (Å²) in [4.78, 5) is 26.0. The third kappa shape index (κ3) is 2.47. The molecule has 0 fully saturated rings. The third-order valence-electron chi connectivity index (χ3n) is 1.71. The van der Waals surface area contributed by atoms with Crippen molar-refractivity contribution in [2.45, 2.75) is 6.92 Å². The molecular formula is C10H11NO5. The minimum absolute atomic E-state index is 0.0376. The lowest BCUT2D eigenvalue weighted by Gasteiger charge is -2.10. The van der Waals surface area contributed by atoms with Crippen molar-refractivity contribution in [3.63, 3.8) is 0 Å². The Hall–Kier alpha value is -2.11. The van der Waals surface area contributed by atoms with Crippen LogP contribution in [0.5, 0.6) is 11.5 Å². The fraction of sp³-hybridized carbons (Fsp3) is 0.300. The highest BCUT2D eigenvalue weighted by molar-refractivity contribution is 5.92. The molecule has 0 N–H and O–H groups in total. The normalized spacial score (nSPS) is 9.44. The summed E-state index contributed by atoms with van der Waals surface area (Å²) in [5, 5.41) is 0. The Morgan fingerprint density at radius 1 is 1.31 bits per heavy atom. The van der Waals surface area contributed by atoms with Gasteiger partial charge in [-0.15, -0.1) is 0 Å². The van der Waals surface area contributed by atoms with Crippen LogP contribution in [0.25, 0.3) is 0 Å². The SMILES string of the molecule is COC(=O)c1nccc(OC)c1OC(C)=O. The summed E-state index contributed by atoms with van der Waals surface area (Å²) in [5.41, 5.74) is -0.1000. The molecular weight excluding hydrogens is 214 g/mol. The molecule has 0 saturated carbocycles. The van der Waals surface area contributed by atoms with Crippen LogP contribution in [-0.2, 0) is 9.53 Å². The van der Waals surface area contributed by atoms with Gasteiger partial charge in [-0.2, -0.15) is 0 Å². The highest BCUT2D eigenvalue weighted by atomic mass is 16.6. The van der Waals surface area contributed by atoms with E-state index in [-0.39, 0.29) is 17.2 Å². The lowest BCUT2D eigenvalue weighted by atomic mass is 10.3. The highest BCUT2D eigenvalue weighted by Gasteiger charge is 2.20. The van der Waals surface area contributed by atoms with Crippen molar-refractivity contribution in [2.24, 2.45) is 0 Å². The molecule has 0 aliphatic carbocycles. The van der Waals surface area contributed by atoms with Crippen molar-refractivity contribution >= 4 is 11.9 Å². The van der Waals surface area contributed by atoms with Gasteiger partial charge in [0.1, 0.15) is 0 Å². The predicted octanol–water partition coefficient (Wildman–Crippen LogP) is 0.802. The topological polar surface area (TPSA) is 74.7 Å². The summed E-state index contributed by atoms with van der Waals surface area (Å²) in [7, 11) is 2.60. The van der Waals surface area contributed by atoms with E-state index in [4.69, 9.17) is 9.47 Å². The van der Waals surface area contributed by atoms with E-state index in [1.807, 2.05) is 0 Å². The number of hydrogen-bond acceptors (Lipinski definition) is 6. The van der Waals surface area contributed by atoms with Gasteiger partial charge in [-0.1, -0.05) is 0 Å². The van der Waals surface area contributed by atoms with Crippen LogP contribution in [0.1, 0.15) is 17.4 Å². The number of esters is 2. The summed E-state index contributed by atoms with van der Waals surface area (Å²) < 4.78 is 14.3. The molecule has 0 aliphatic rings. The van der Waals surface area contributed by atoms with Gasteiger partial charge in [-0.3, -0.25) is 4.79 Å². The Morgan fingerprint density at radius 3 is 2.50 bits per heavy atom. The van der Waals surface area contributed by atoms with E-state index in [0.29, 0.717) is 0 Å². The van der Waals surface area contributed by atoms with Crippen molar-refractivity contribution in [1.29, 1.82) is 0 Å². The molecule has 0 spiro atoms. The van der Waals surface area contributed by atoms with E-state index in [9.17, 15) is 9.59 Å². The molecule has 0 amide bonds. The second kappa shape index (κ2) is 5.11. The van der Waals surface area contributed by atoms with E-state index in [0.717, 1.165) is 0 Å². The lowest BCUT2D eigenvalue weighted by Crippen LogP contribution is -2.11. The summed E-state index contributed by atoms with van der Waals surface area (Å²) in [6.45, 7) is 1.22. The number of ether oxygens (including phenoxy) is 3. The molecule has 1 aromatic rings. The van der Waals surface area contributed by atoms with Crippen molar-refractivity contribution < 1.29 is 23.8 Å². The summed E-state index contributed by atoms with van der Waals surface area (Å²) in [6.07, 6.45) is 1.36. The Bertz CT molecular complexity index is 416. The van der Waals surface area contributed by atoms with Gasteiger partial charge in [0, 0.05) is 19.2 Å². The zero-order valence-electron chi connectivity index (χ0n) is 9.14. The Balaban J connectivity index is 3.25. The first-order chi connectivity index (χ1) is 7.60. The van der Waals surface area contributed by atoms with E-state index in [1.165, 1.54) is 33.4 Å². The molecule has 0 bridgehead atoms. The number of carbonyl (C=O) groups is 2. The second-order valence-electron chi connectivity index (χ2n) is 2.78. The first-order valence-electron chi connectivity index (χ1n) is 4.40. The van der Waals surface area contributed by atoms with Crippen molar-refractivity contribution in [2.75, 3.05) is 14.2 Å². The molecule has 1 rings (SSSR count). The number of rotatable bonds is 3. The molecule has 0 aromatic carbocycles. The largest absolute Gasteiger partial charge is 0.493 e. The van der Waals surface area contributed by atoms with Crippen molar-refractivity contribution in [3.05, 3.63) is 18.0 Å². The van der Waals surface area contributed by atoms with Gasteiger partial charge in [-0.05, 0) is 0 Å². The third-order valence-corrected chi connectivity index (χ3v) is 1.71. The van der Waals surface area contributed by atoms with Gasteiger partial charge >= 0.3 is 11.9 Å². The number of pyridine rings is 1. The van der Waals surface area contributed by atoms with Crippen LogP contribution in [0.2, 0.25) is 0 Å². The zero-order valence-corrected chi connectivity index (χ0v) is 9.14. The molecule has 86 valence electrons. The maximum atomic E-state index is 11.4. The minimum Gasteiger partial charge on any atom is -0.493 e. The van der Waals surface area contributed by atoms with Crippen molar-refractivity contribution in [1.82, 2.24) is 4.98 Å². The second-order valence-corrected chi connectivity index (χ2v) is 2.78. The van der Waals surface area contributed by atoms with Gasteiger partial charge in [0.25, 0.3) is 0 Å². The van der Waals surface area contributed by atoms with Crippen molar-refractivity contribution in [3.8, 4) is 11.5 Å². The zero-order chi connectivity index (χ0) is 12.1. The molecule has 6 nitrogen and oxygen atoms in total. The number of aromatic nitrogens is 1. The Labute approximate surface area is 92.1 Å². The standard InChI is InChI=1S/C10H11NO5/c1-6(12)16-9-7(14-2)4-5-11-8(9)10(13)15-3/h4-5H,1-3H3. The quantitative estimate of drug-likeness (QED) is 0.708. The van der Waals surface area contributed by atoms with Gasteiger partial charge in [-0.25, -0.2) is 9.78 Å². The molecule has 16 heavy (non-hydrogen) atoms. The summed E-state index contributed by atoms with van der Waals surface area (Å²) in [6, 6.07) is 1.48. The van der Waals surface area contributed by atoms with Crippen LogP contribution in [-0.4, -0.2) is 31.1 Å². The molecule has 1 heterocycles. The Morgan fingerprint density at radius 2 is 2.00 bits per heavy atom. The van der Waals surface area contributed by atoms with Gasteiger partial charge in [0.15, 0.2) is 11.4 Å². The van der Waals surface area contributed by atoms with Gasteiger partial charge < -0.3 is 14.2 Å². The summed E-state index contributed by atoms with van der Waals surface area (Å²) in [5.74, 6) is -1.07. The van der Waals surface area contributed by atoms with Crippen LogP contribution >= 0.6 is 0 Å². The van der Waals surface area contributed by atoms with Crippen LogP contribution in [0, 0.1) is 0 Å². The highest BCUT2D eigenvalue weighted by Crippen LogP contribution is 2.29. The minimum atomic E-state index is -0.699. The molecule has 0 atom stereocenters. The van der Waals surface area contributed by atoms with Crippen LogP contribution < -0.4 is 9.47 Å². The lowest BCUT2D eigenvalue weighted by molar-refractivity contribution is -0.132. The van der Waals surface area contributed by atoms with E-state index in [1.54, 1.807) is 0 Å². The molecule has 0 aliphatic heterocycles. The monoisotopic (exact) mass is 225 g/mol. The Kier molecular flexibility index (Phi) is 3.82. The van der Waals surface area contributed by atoms with Crippen LogP contribution in [0.4, 0.5) is 0 Å². The van der Waals surface area contributed by atoms with Crippen LogP contribution in [0.15, 0.2) is 12.3 Å². The molecule has 0 unspecified atom stereocenters. The number of methoxy groups -OCH3 is 2. The maximum Gasteiger partial charge on any atom is 0.360 e. The van der Waals surface area contributed by atoms with E-state index < -0.39 is 11.9 Å². The molecule has 0 saturated heterocycles. The maximum absolute atomic E-state index is 11.4. The first-order valence-corrected chi connectivity index (χ1v) is 4.40. The predicted molar refractivity (Wildman–Crippen MR) is 53.4 cm³/mol. The first kappa shape index (κ1) is 12.0. The fourth-order valence-corrected chi connectivity index (χ4v) is 1.08. The smallest absolute Gasteiger partial charge is 0.360 e. The fourth-order valence-electron chi connectivity index (χ4n) is 1.08. The van der Waals surface area contributed by atoms with Crippen LogP contribution in [0.3, 0.4) is 0 Å². The average molecular weight is 225 g/mol. The number of carbonyl (C=O) groups excluding carboxylic acids is 2. The summed E-state index contributed by atoms with van der Waals surface area (Å²) >= 11 is 0. The van der Waals surface area contributed by atoms with Gasteiger partial charge in [0.2, 0.25) is 5.75 Å². The van der Waals surface area contributed by atoms with E-state index in [2.05, 4.69) is 9.72 Å². The molecule has 0 radical (unpaired) electrons. The molecule has 6 heteroatoms. The van der Waals surface area contributed by atoms with Gasteiger partial charge in [0.05, 0.1) is 14.2 Å². The number of nitrogens with zero attached hydrogens (tertiary/aromatic N) is 1.